The van der Waals surface area contributed by atoms with Crippen LogP contribution in [-0.4, -0.2) is 32.3 Å². The van der Waals surface area contributed by atoms with E-state index in [4.69, 9.17) is 9.47 Å². The van der Waals surface area contributed by atoms with E-state index in [0.717, 1.165) is 17.0 Å². The molecule has 4 rings (SSSR count). The number of carbonyl (C=O) groups excluding carboxylic acids is 1. The first-order valence-electron chi connectivity index (χ1n) is 10.1. The van der Waals surface area contributed by atoms with Gasteiger partial charge in [-0.3, -0.25) is 4.79 Å². The van der Waals surface area contributed by atoms with Gasteiger partial charge in [-0.15, -0.1) is 0 Å². The van der Waals surface area contributed by atoms with Gasteiger partial charge in [0.05, 0.1) is 5.69 Å². The summed E-state index contributed by atoms with van der Waals surface area (Å²) in [6.45, 7) is 5.79. The van der Waals surface area contributed by atoms with Crippen molar-refractivity contribution in [3.05, 3.63) is 83.9 Å². The smallest absolute Gasteiger partial charge is 0.262 e. The molecule has 1 amide bonds. The third kappa shape index (κ3) is 5.28. The predicted octanol–water partition coefficient (Wildman–Crippen LogP) is 4.40. The number of anilines is 1. The van der Waals surface area contributed by atoms with Crippen molar-refractivity contribution in [1.82, 2.24) is 19.7 Å². The number of benzene rings is 2. The summed E-state index contributed by atoms with van der Waals surface area (Å²) < 4.78 is 13.1. The molecule has 0 aliphatic rings. The second-order valence-corrected chi connectivity index (χ2v) is 7.33. The van der Waals surface area contributed by atoms with Crippen LogP contribution in [0.2, 0.25) is 0 Å². The van der Waals surface area contributed by atoms with Gasteiger partial charge in [-0.1, -0.05) is 12.1 Å². The van der Waals surface area contributed by atoms with E-state index >= 15 is 0 Å². The quantitative estimate of drug-likeness (QED) is 0.468. The molecule has 2 aromatic carbocycles. The maximum atomic E-state index is 12.2. The second kappa shape index (κ2) is 9.30. The number of rotatable bonds is 7. The molecule has 8 nitrogen and oxygen atoms in total. The maximum absolute atomic E-state index is 12.2. The molecule has 0 aliphatic heterocycles. The number of carbonyl (C=O) groups is 1. The number of aryl methyl sites for hydroxylation is 3. The lowest BCUT2D eigenvalue weighted by molar-refractivity contribution is -0.118. The largest absolute Gasteiger partial charge is 0.484 e. The molecule has 8 heteroatoms. The maximum Gasteiger partial charge on any atom is 0.262 e. The minimum Gasteiger partial charge on any atom is -0.484 e. The molecule has 4 aromatic rings. The van der Waals surface area contributed by atoms with Crippen LogP contribution >= 0.6 is 0 Å². The number of amides is 1. The number of ether oxygens (including phenoxy) is 2. The molecule has 0 bridgehead atoms. The molecule has 0 fully saturated rings. The van der Waals surface area contributed by atoms with E-state index in [1.165, 1.54) is 6.33 Å². The lowest BCUT2D eigenvalue weighted by atomic mass is 10.2. The summed E-state index contributed by atoms with van der Waals surface area (Å²) in [5.74, 6) is 2.01. The Hall–Kier alpha value is -4.20. The molecule has 2 aromatic heterocycles. The van der Waals surface area contributed by atoms with Crippen molar-refractivity contribution in [3.63, 3.8) is 0 Å². The Morgan fingerprint density at radius 3 is 2.50 bits per heavy atom. The first-order chi connectivity index (χ1) is 15.5. The number of nitrogens with zero attached hydrogens (tertiary/aromatic N) is 4. The van der Waals surface area contributed by atoms with Gasteiger partial charge in [0.15, 0.2) is 12.4 Å². The number of aromatic nitrogens is 4. The van der Waals surface area contributed by atoms with Crippen LogP contribution in [0.1, 0.15) is 17.0 Å². The minimum absolute atomic E-state index is 0.0717. The van der Waals surface area contributed by atoms with Crippen LogP contribution in [0.15, 0.2) is 67.0 Å². The fraction of sp³-hybridized carbons (Fsp3) is 0.167. The average molecular weight is 429 g/mol. The average Bonchev–Trinajstić information content (AvgIpc) is 3.12. The third-order valence-electron chi connectivity index (χ3n) is 4.57. The molecule has 1 N–H and O–H groups in total. The van der Waals surface area contributed by atoms with Crippen LogP contribution in [-0.2, 0) is 4.79 Å². The summed E-state index contributed by atoms with van der Waals surface area (Å²) in [6, 6.07) is 18.3. The zero-order valence-electron chi connectivity index (χ0n) is 18.1. The summed E-state index contributed by atoms with van der Waals surface area (Å²) >= 11 is 0. The van der Waals surface area contributed by atoms with E-state index in [2.05, 4.69) is 20.4 Å². The molecule has 162 valence electrons. The van der Waals surface area contributed by atoms with Gasteiger partial charge < -0.3 is 14.8 Å². The summed E-state index contributed by atoms with van der Waals surface area (Å²) in [6.07, 6.45) is 1.43. The van der Waals surface area contributed by atoms with Crippen LogP contribution in [0, 0.1) is 20.8 Å². The Bertz CT molecular complexity index is 1230. The minimum atomic E-state index is -0.245. The molecule has 0 unspecified atom stereocenters. The molecule has 2 heterocycles. The highest BCUT2D eigenvalue weighted by molar-refractivity contribution is 5.91. The van der Waals surface area contributed by atoms with Gasteiger partial charge in [-0.25, -0.2) is 14.6 Å². The Kier molecular flexibility index (Phi) is 6.12. The molecule has 0 radical (unpaired) electrons. The van der Waals surface area contributed by atoms with E-state index < -0.39 is 0 Å². The van der Waals surface area contributed by atoms with Crippen LogP contribution in [0.4, 0.5) is 5.69 Å². The lowest BCUT2D eigenvalue weighted by Crippen LogP contribution is -2.20. The van der Waals surface area contributed by atoms with Crippen molar-refractivity contribution in [1.29, 1.82) is 0 Å². The topological polar surface area (TPSA) is 91.2 Å². The third-order valence-corrected chi connectivity index (χ3v) is 4.57. The fourth-order valence-electron chi connectivity index (χ4n) is 3.14. The molecule has 0 aliphatic carbocycles. The molecule has 0 saturated carbocycles. The highest BCUT2D eigenvalue weighted by Crippen LogP contribution is 2.23. The monoisotopic (exact) mass is 429 g/mol. The SMILES string of the molecule is Cc1cccc(OCC(=O)Nc2ccc(Oc3cc(-n4nc(C)cc4C)ncn3)cc2)c1. The first-order valence-corrected chi connectivity index (χ1v) is 10.1. The highest BCUT2D eigenvalue weighted by atomic mass is 16.5. The highest BCUT2D eigenvalue weighted by Gasteiger charge is 2.09. The summed E-state index contributed by atoms with van der Waals surface area (Å²) in [5.41, 5.74) is 3.59. The normalized spacial score (nSPS) is 10.6. The Morgan fingerprint density at radius 2 is 1.78 bits per heavy atom. The van der Waals surface area contributed by atoms with E-state index in [1.807, 2.05) is 51.1 Å². The molecule has 32 heavy (non-hydrogen) atoms. The van der Waals surface area contributed by atoms with Gasteiger partial charge in [0.1, 0.15) is 17.8 Å². The standard InChI is InChI=1S/C24H23N5O3/c1-16-5-4-6-21(11-16)31-14-23(30)27-19-7-9-20(10-8-19)32-24-13-22(25-15-26-24)29-18(3)12-17(2)28-29/h4-13,15H,14H2,1-3H3,(H,27,30). The van der Waals surface area contributed by atoms with E-state index in [-0.39, 0.29) is 12.5 Å². The summed E-state index contributed by atoms with van der Waals surface area (Å²) in [5, 5.41) is 7.23. The van der Waals surface area contributed by atoms with Crippen molar-refractivity contribution < 1.29 is 14.3 Å². The Balaban J connectivity index is 1.35. The van der Waals surface area contributed by atoms with Crippen molar-refractivity contribution in [2.24, 2.45) is 0 Å². The van der Waals surface area contributed by atoms with Gasteiger partial charge >= 0.3 is 0 Å². The van der Waals surface area contributed by atoms with Crippen LogP contribution in [0.3, 0.4) is 0 Å². The number of nitrogens with one attached hydrogen (secondary N) is 1. The Labute approximate surface area is 185 Å². The van der Waals surface area contributed by atoms with E-state index in [9.17, 15) is 4.79 Å². The molecule has 0 saturated heterocycles. The van der Waals surface area contributed by atoms with Gasteiger partial charge in [0, 0.05) is 17.4 Å². The van der Waals surface area contributed by atoms with Crippen molar-refractivity contribution >= 4 is 11.6 Å². The van der Waals surface area contributed by atoms with Gasteiger partial charge in [0.25, 0.3) is 5.91 Å². The summed E-state index contributed by atoms with van der Waals surface area (Å²) in [7, 11) is 0. The number of hydrogen-bond donors (Lipinski definition) is 1. The lowest BCUT2D eigenvalue weighted by Gasteiger charge is -2.10. The zero-order valence-corrected chi connectivity index (χ0v) is 18.1. The Morgan fingerprint density at radius 1 is 0.969 bits per heavy atom. The summed E-state index contributed by atoms with van der Waals surface area (Å²) in [4.78, 5) is 20.6. The number of hydrogen-bond acceptors (Lipinski definition) is 6. The van der Waals surface area contributed by atoms with Crippen LogP contribution in [0.5, 0.6) is 17.4 Å². The first kappa shape index (κ1) is 21.0. The van der Waals surface area contributed by atoms with Gasteiger partial charge in [-0.2, -0.15) is 5.10 Å². The molecular weight excluding hydrogens is 406 g/mol. The molecule has 0 atom stereocenters. The predicted molar refractivity (Wildman–Crippen MR) is 120 cm³/mol. The van der Waals surface area contributed by atoms with Crippen LogP contribution < -0.4 is 14.8 Å². The van der Waals surface area contributed by atoms with Crippen molar-refractivity contribution in [2.45, 2.75) is 20.8 Å². The van der Waals surface area contributed by atoms with Gasteiger partial charge in [0.2, 0.25) is 5.88 Å². The molecule has 0 spiro atoms. The second-order valence-electron chi connectivity index (χ2n) is 7.33. The zero-order chi connectivity index (χ0) is 22.5. The van der Waals surface area contributed by atoms with Crippen molar-refractivity contribution in [2.75, 3.05) is 11.9 Å². The van der Waals surface area contributed by atoms with E-state index in [1.54, 1.807) is 35.0 Å². The van der Waals surface area contributed by atoms with E-state index in [0.29, 0.717) is 28.9 Å². The molecular formula is C24H23N5O3. The van der Waals surface area contributed by atoms with Crippen LogP contribution in [0.25, 0.3) is 5.82 Å². The van der Waals surface area contributed by atoms with Crippen molar-refractivity contribution in [3.8, 4) is 23.2 Å². The van der Waals surface area contributed by atoms with Gasteiger partial charge in [-0.05, 0) is 68.8 Å². The fourth-order valence-corrected chi connectivity index (χ4v) is 3.14.